The van der Waals surface area contributed by atoms with Crippen molar-refractivity contribution in [2.75, 3.05) is 12.4 Å². The van der Waals surface area contributed by atoms with Crippen molar-refractivity contribution in [1.29, 1.82) is 0 Å². The summed E-state index contributed by atoms with van der Waals surface area (Å²) in [6.07, 6.45) is 0. The lowest BCUT2D eigenvalue weighted by atomic mass is 10.3. The zero-order chi connectivity index (χ0) is 8.97. The smallest absolute Gasteiger partial charge is 0.142 e. The molecule has 0 amide bonds. The number of hydrogen-bond acceptors (Lipinski definition) is 2. The van der Waals surface area contributed by atoms with E-state index in [4.69, 9.17) is 4.74 Å². The second-order valence-electron chi connectivity index (χ2n) is 2.61. The summed E-state index contributed by atoms with van der Waals surface area (Å²) in [5.41, 5.74) is 1.85. The molecule has 0 saturated carbocycles. The summed E-state index contributed by atoms with van der Waals surface area (Å²) >= 11 is 0. The Morgan fingerprint density at radius 1 is 1.42 bits per heavy atom. The van der Waals surface area contributed by atoms with Crippen LogP contribution in [0.2, 0.25) is 0 Å². The van der Waals surface area contributed by atoms with Crippen molar-refractivity contribution in [2.24, 2.45) is 0 Å². The van der Waals surface area contributed by atoms with Crippen molar-refractivity contribution < 1.29 is 4.74 Å². The van der Waals surface area contributed by atoms with Gasteiger partial charge in [0.25, 0.3) is 0 Å². The lowest BCUT2D eigenvalue weighted by Gasteiger charge is -2.09. The molecule has 1 aromatic carbocycles. The number of hydrogen-bond donors (Lipinski definition) is 1. The van der Waals surface area contributed by atoms with Gasteiger partial charge in [-0.2, -0.15) is 0 Å². The van der Waals surface area contributed by atoms with Crippen LogP contribution in [0.15, 0.2) is 36.5 Å². The highest BCUT2D eigenvalue weighted by Gasteiger charge is 1.98. The van der Waals surface area contributed by atoms with Gasteiger partial charge in [0, 0.05) is 5.70 Å². The molecule has 1 N–H and O–H groups in total. The molecule has 1 aromatic rings. The SMILES string of the molecule is C=C(C)Nc1ccccc1OC. The highest BCUT2D eigenvalue weighted by Crippen LogP contribution is 2.23. The second-order valence-corrected chi connectivity index (χ2v) is 2.61. The maximum Gasteiger partial charge on any atom is 0.142 e. The van der Waals surface area contributed by atoms with E-state index in [0.29, 0.717) is 0 Å². The van der Waals surface area contributed by atoms with Crippen LogP contribution in [-0.4, -0.2) is 7.11 Å². The number of nitrogens with one attached hydrogen (secondary N) is 1. The lowest BCUT2D eigenvalue weighted by Crippen LogP contribution is -1.96. The summed E-state index contributed by atoms with van der Waals surface area (Å²) in [6.45, 7) is 5.67. The highest BCUT2D eigenvalue weighted by atomic mass is 16.5. The summed E-state index contributed by atoms with van der Waals surface area (Å²) in [7, 11) is 1.65. The Bertz CT molecular complexity index is 281. The fourth-order valence-electron chi connectivity index (χ4n) is 0.978. The van der Waals surface area contributed by atoms with Crippen molar-refractivity contribution in [1.82, 2.24) is 0 Å². The normalized spacial score (nSPS) is 9.17. The molecule has 12 heavy (non-hydrogen) atoms. The number of anilines is 1. The molecule has 0 heterocycles. The first-order chi connectivity index (χ1) is 5.74. The van der Waals surface area contributed by atoms with Crippen molar-refractivity contribution in [3.05, 3.63) is 36.5 Å². The van der Waals surface area contributed by atoms with E-state index in [1.165, 1.54) is 0 Å². The highest BCUT2D eigenvalue weighted by molar-refractivity contribution is 5.58. The molecular weight excluding hydrogens is 150 g/mol. The standard InChI is InChI=1S/C10H13NO/c1-8(2)11-9-6-4-5-7-10(9)12-3/h4-7,11H,1H2,2-3H3. The Balaban J connectivity index is 2.89. The number of para-hydroxylation sites is 2. The van der Waals surface area contributed by atoms with Crippen LogP contribution < -0.4 is 10.1 Å². The minimum absolute atomic E-state index is 0.834. The minimum atomic E-state index is 0.834. The molecule has 0 bridgehead atoms. The first-order valence-electron chi connectivity index (χ1n) is 3.79. The Labute approximate surface area is 72.9 Å². The molecule has 2 nitrogen and oxygen atoms in total. The van der Waals surface area contributed by atoms with Crippen LogP contribution >= 0.6 is 0 Å². The minimum Gasteiger partial charge on any atom is -0.495 e. The molecule has 0 atom stereocenters. The second kappa shape index (κ2) is 3.81. The Hall–Kier alpha value is -1.44. The number of methoxy groups -OCH3 is 1. The molecule has 1 rings (SSSR count). The van der Waals surface area contributed by atoms with E-state index >= 15 is 0 Å². The van der Waals surface area contributed by atoms with Gasteiger partial charge >= 0.3 is 0 Å². The molecule has 0 saturated heterocycles. The topological polar surface area (TPSA) is 21.3 Å². The van der Waals surface area contributed by atoms with Gasteiger partial charge in [-0.15, -0.1) is 0 Å². The Kier molecular flexibility index (Phi) is 2.75. The Morgan fingerprint density at radius 2 is 2.08 bits per heavy atom. The van der Waals surface area contributed by atoms with Gasteiger partial charge in [0.1, 0.15) is 5.75 Å². The fourth-order valence-corrected chi connectivity index (χ4v) is 0.978. The molecule has 64 valence electrons. The van der Waals surface area contributed by atoms with Gasteiger partial charge in [0.05, 0.1) is 12.8 Å². The van der Waals surface area contributed by atoms with E-state index in [1.807, 2.05) is 31.2 Å². The third-order valence-corrected chi connectivity index (χ3v) is 1.46. The molecule has 0 aromatic heterocycles. The quantitative estimate of drug-likeness (QED) is 0.739. The van der Waals surface area contributed by atoms with E-state index in [1.54, 1.807) is 7.11 Å². The van der Waals surface area contributed by atoms with Crippen LogP contribution in [0, 0.1) is 0 Å². The number of benzene rings is 1. The van der Waals surface area contributed by atoms with E-state index in [9.17, 15) is 0 Å². The number of allylic oxidation sites excluding steroid dienone is 1. The first-order valence-corrected chi connectivity index (χ1v) is 3.79. The monoisotopic (exact) mass is 163 g/mol. The number of ether oxygens (including phenoxy) is 1. The zero-order valence-corrected chi connectivity index (χ0v) is 7.42. The molecule has 0 radical (unpaired) electrons. The van der Waals surface area contributed by atoms with Crippen LogP contribution in [0.3, 0.4) is 0 Å². The lowest BCUT2D eigenvalue weighted by molar-refractivity contribution is 0.416. The molecule has 0 spiro atoms. The maximum atomic E-state index is 5.14. The van der Waals surface area contributed by atoms with Gasteiger partial charge in [-0.1, -0.05) is 18.7 Å². The van der Waals surface area contributed by atoms with Crippen LogP contribution in [0.5, 0.6) is 5.75 Å². The van der Waals surface area contributed by atoms with E-state index < -0.39 is 0 Å². The molecule has 0 aliphatic carbocycles. The van der Waals surface area contributed by atoms with Gasteiger partial charge < -0.3 is 10.1 Å². The summed E-state index contributed by atoms with van der Waals surface area (Å²) in [6, 6.07) is 7.75. The van der Waals surface area contributed by atoms with E-state index in [2.05, 4.69) is 11.9 Å². The van der Waals surface area contributed by atoms with Crippen molar-refractivity contribution >= 4 is 5.69 Å². The average Bonchev–Trinajstić information content (AvgIpc) is 2.04. The van der Waals surface area contributed by atoms with Crippen molar-refractivity contribution in [3.63, 3.8) is 0 Å². The van der Waals surface area contributed by atoms with Gasteiger partial charge in [-0.3, -0.25) is 0 Å². The first kappa shape index (κ1) is 8.65. The predicted octanol–water partition coefficient (Wildman–Crippen LogP) is 2.64. The van der Waals surface area contributed by atoms with Crippen LogP contribution in [-0.2, 0) is 0 Å². The summed E-state index contributed by atoms with van der Waals surface area (Å²) in [4.78, 5) is 0. The van der Waals surface area contributed by atoms with Gasteiger partial charge in [-0.25, -0.2) is 0 Å². The van der Waals surface area contributed by atoms with Crippen LogP contribution in [0.1, 0.15) is 6.92 Å². The van der Waals surface area contributed by atoms with Crippen LogP contribution in [0.25, 0.3) is 0 Å². The molecule has 0 fully saturated rings. The van der Waals surface area contributed by atoms with Gasteiger partial charge in [0.2, 0.25) is 0 Å². The zero-order valence-electron chi connectivity index (χ0n) is 7.42. The van der Waals surface area contributed by atoms with Crippen LogP contribution in [0.4, 0.5) is 5.69 Å². The summed E-state index contributed by atoms with van der Waals surface area (Å²) < 4.78 is 5.14. The van der Waals surface area contributed by atoms with Crippen molar-refractivity contribution in [3.8, 4) is 5.75 Å². The molecule has 0 aliphatic heterocycles. The fraction of sp³-hybridized carbons (Fsp3) is 0.200. The molecule has 0 unspecified atom stereocenters. The summed E-state index contributed by atoms with van der Waals surface area (Å²) in [5, 5.41) is 3.10. The third-order valence-electron chi connectivity index (χ3n) is 1.46. The molecule has 2 heteroatoms. The van der Waals surface area contributed by atoms with Gasteiger partial charge in [-0.05, 0) is 19.1 Å². The average molecular weight is 163 g/mol. The van der Waals surface area contributed by atoms with E-state index in [-0.39, 0.29) is 0 Å². The van der Waals surface area contributed by atoms with E-state index in [0.717, 1.165) is 17.1 Å². The maximum absolute atomic E-state index is 5.14. The summed E-state index contributed by atoms with van der Waals surface area (Å²) in [5.74, 6) is 0.834. The van der Waals surface area contributed by atoms with Gasteiger partial charge in [0.15, 0.2) is 0 Å². The largest absolute Gasteiger partial charge is 0.495 e. The van der Waals surface area contributed by atoms with Crippen molar-refractivity contribution in [2.45, 2.75) is 6.92 Å². The Morgan fingerprint density at radius 3 is 2.67 bits per heavy atom. The number of rotatable bonds is 3. The molecule has 0 aliphatic rings. The third kappa shape index (κ3) is 2.02. The molecular formula is C10H13NO. The predicted molar refractivity (Wildman–Crippen MR) is 51.4 cm³/mol.